The number of benzene rings is 3. The molecule has 0 amide bonds. The van der Waals surface area contributed by atoms with Crippen molar-refractivity contribution < 1.29 is 34.0 Å². The van der Waals surface area contributed by atoms with Crippen LogP contribution in [0.1, 0.15) is 78.0 Å². The zero-order chi connectivity index (χ0) is 39.6. The summed E-state index contributed by atoms with van der Waals surface area (Å²) in [4.78, 5) is 12.5. The zero-order valence-corrected chi connectivity index (χ0v) is 32.8. The maximum absolute atomic E-state index is 12.5. The molecule has 4 bridgehead atoms. The smallest absolute Gasteiger partial charge is 0.302 e. The highest BCUT2D eigenvalue weighted by Crippen LogP contribution is 2.63. The van der Waals surface area contributed by atoms with E-state index >= 15 is 0 Å². The first-order chi connectivity index (χ1) is 27.6. The maximum atomic E-state index is 12.5. The van der Waals surface area contributed by atoms with Gasteiger partial charge in [0.05, 0.1) is 30.9 Å². The van der Waals surface area contributed by atoms with Crippen LogP contribution < -0.4 is 35.9 Å². The lowest BCUT2D eigenvalue weighted by Crippen LogP contribution is -2.44. The molecule has 6 aliphatic rings. The van der Waals surface area contributed by atoms with Gasteiger partial charge in [0.2, 0.25) is 0 Å². The van der Waals surface area contributed by atoms with E-state index < -0.39 is 6.10 Å². The number of dihydropyridines is 1. The normalized spacial score (nSPS) is 27.4. The third-order valence-electron chi connectivity index (χ3n) is 12.8. The average Bonchev–Trinajstić information content (AvgIpc) is 3.69. The molecule has 0 radical (unpaired) electrons. The minimum atomic E-state index is -0.624. The van der Waals surface area contributed by atoms with Gasteiger partial charge in [-0.15, -0.1) is 0 Å². The highest BCUT2D eigenvalue weighted by Gasteiger charge is 2.51. The number of nitrogens with two attached hydrogens (primary N) is 1. The first kappa shape index (κ1) is 37.2. The van der Waals surface area contributed by atoms with Crippen LogP contribution in [-0.2, 0) is 27.8 Å². The number of fused-ring (bicyclic) bond motifs is 8. The molecule has 57 heavy (non-hydrogen) atoms. The quantitative estimate of drug-likeness (QED) is 0.141. The Morgan fingerprint density at radius 1 is 1.11 bits per heavy atom. The standard InChI is InChI=1S/C46H50N4O7/c1-24(51)55-23-33-30-9-10-31-40-28(17-29(52)19-37(40)54-4)21-46-15-14-25(20-46)16-26-8-13-39(47)50-34(26)7-5-6-27-18-36(53)43-32(41(27)44(33)57-45(30)42(31)46)11-12-35(49-3)38(56-43)22-48-2/h8-13,17-19,25,33,35,38-39,44,48-50,52-53H,6,14-16,20-23,47H2,1-4H3/t25-,33-,35-,38+,39?,44-,46+/m0/s1. The second-order valence-electron chi connectivity index (χ2n) is 16.3. The molecule has 2 aliphatic carbocycles. The molecule has 0 aromatic heterocycles. The predicted molar refractivity (Wildman–Crippen MR) is 217 cm³/mol. The van der Waals surface area contributed by atoms with Crippen molar-refractivity contribution in [1.82, 2.24) is 16.0 Å². The molecule has 7 atom stereocenters. The number of carbonyl (C=O) groups is 1. The Hall–Kier alpha value is -5.41. The number of phenolic OH excluding ortho intramolecular Hbond substituents is 2. The summed E-state index contributed by atoms with van der Waals surface area (Å²) >= 11 is 0. The van der Waals surface area contributed by atoms with Crippen molar-refractivity contribution in [2.24, 2.45) is 11.7 Å². The predicted octanol–water partition coefficient (Wildman–Crippen LogP) is 5.38. The summed E-state index contributed by atoms with van der Waals surface area (Å²) < 4.78 is 25.9. The SMILES string of the molecule is CNC[C@H]1Oc2c(O)cc3c(c2C=C[C@@H]1NC)[C@H]1Oc2c(ccc4c2[C@@]2(CC[C@@H](CC5=C(C#CC3)NC(N)C=C5)C2)Cc2cc(O)cc(OC)c2-4)[C@@H]1COC(C)=O. The third kappa shape index (κ3) is 6.31. The average molecular weight is 771 g/mol. The second kappa shape index (κ2) is 14.5. The molecular formula is C46H50N4O7. The molecule has 7 N–H and O–H groups in total. The van der Waals surface area contributed by atoms with Crippen molar-refractivity contribution in [2.75, 3.05) is 34.4 Å². The lowest BCUT2D eigenvalue weighted by molar-refractivity contribution is -0.141. The summed E-state index contributed by atoms with van der Waals surface area (Å²) in [5, 5.41) is 32.7. The number of phenols is 2. The number of esters is 1. The van der Waals surface area contributed by atoms with Gasteiger partial charge in [-0.25, -0.2) is 0 Å². The fraction of sp³-hybridized carbons (Fsp3) is 0.413. The Balaban J connectivity index is 1.32. The van der Waals surface area contributed by atoms with Crippen LogP contribution in [0.25, 0.3) is 17.2 Å². The molecule has 11 heteroatoms. The Labute approximate surface area is 333 Å². The molecule has 1 saturated carbocycles. The summed E-state index contributed by atoms with van der Waals surface area (Å²) in [6.07, 6.45) is 11.5. The van der Waals surface area contributed by atoms with Crippen molar-refractivity contribution in [3.63, 3.8) is 0 Å². The van der Waals surface area contributed by atoms with Gasteiger partial charge in [-0.1, -0.05) is 36.3 Å². The number of hydrogen-bond acceptors (Lipinski definition) is 11. The highest BCUT2D eigenvalue weighted by molar-refractivity contribution is 5.84. The van der Waals surface area contributed by atoms with Crippen LogP contribution in [0, 0.1) is 17.8 Å². The Morgan fingerprint density at radius 3 is 2.75 bits per heavy atom. The minimum absolute atomic E-state index is 0.0132. The molecule has 296 valence electrons. The fourth-order valence-corrected chi connectivity index (χ4v) is 10.4. The van der Waals surface area contributed by atoms with E-state index in [0.717, 1.165) is 81.6 Å². The maximum Gasteiger partial charge on any atom is 0.302 e. The summed E-state index contributed by atoms with van der Waals surface area (Å²) in [5.74, 6) is 8.42. The summed E-state index contributed by atoms with van der Waals surface area (Å²) in [6.45, 7) is 2.06. The number of allylic oxidation sites excluding steroid dienone is 3. The van der Waals surface area contributed by atoms with Crippen molar-refractivity contribution in [3.8, 4) is 51.7 Å². The summed E-state index contributed by atoms with van der Waals surface area (Å²) in [5.41, 5.74) is 15.5. The zero-order valence-electron chi connectivity index (χ0n) is 32.8. The molecule has 1 spiro atoms. The number of rotatable bonds is 6. The molecule has 3 aromatic carbocycles. The van der Waals surface area contributed by atoms with Gasteiger partial charge in [-0.3, -0.25) is 4.79 Å². The first-order valence-corrected chi connectivity index (χ1v) is 20.0. The van der Waals surface area contributed by atoms with Crippen molar-refractivity contribution in [3.05, 3.63) is 93.2 Å². The van der Waals surface area contributed by atoms with E-state index in [1.807, 2.05) is 32.3 Å². The number of aromatic hydroxyl groups is 2. The molecule has 1 fully saturated rings. The van der Waals surface area contributed by atoms with Gasteiger partial charge >= 0.3 is 5.97 Å². The van der Waals surface area contributed by atoms with Crippen LogP contribution in [0.15, 0.2) is 59.8 Å². The molecule has 4 heterocycles. The topological polar surface area (TPSA) is 157 Å². The van der Waals surface area contributed by atoms with Crippen molar-refractivity contribution in [2.45, 2.75) is 81.2 Å². The molecule has 3 aromatic rings. The van der Waals surface area contributed by atoms with Crippen LogP contribution in [0.5, 0.6) is 28.7 Å². The molecule has 11 nitrogen and oxygen atoms in total. The monoisotopic (exact) mass is 770 g/mol. The van der Waals surface area contributed by atoms with Gasteiger partial charge in [-0.05, 0) is 98.5 Å². The molecular weight excluding hydrogens is 721 g/mol. The number of likely N-dealkylation sites (N-methyl/N-ethyl adjacent to an activating group) is 2. The fourth-order valence-electron chi connectivity index (χ4n) is 10.4. The van der Waals surface area contributed by atoms with E-state index in [1.54, 1.807) is 19.2 Å². The van der Waals surface area contributed by atoms with E-state index in [9.17, 15) is 15.0 Å². The van der Waals surface area contributed by atoms with E-state index in [-0.39, 0.29) is 53.7 Å². The molecule has 4 aliphatic heterocycles. The number of nitrogens with one attached hydrogen (secondary N) is 3. The van der Waals surface area contributed by atoms with E-state index in [2.05, 4.69) is 52.1 Å². The van der Waals surface area contributed by atoms with Gasteiger partial charge in [0, 0.05) is 59.2 Å². The molecule has 0 saturated heterocycles. The second-order valence-corrected chi connectivity index (χ2v) is 16.3. The van der Waals surface area contributed by atoms with E-state index in [4.69, 9.17) is 24.7 Å². The van der Waals surface area contributed by atoms with Gasteiger partial charge in [-0.2, -0.15) is 0 Å². The van der Waals surface area contributed by atoms with Crippen LogP contribution in [-0.4, -0.2) is 68.9 Å². The van der Waals surface area contributed by atoms with Gasteiger partial charge in [0.1, 0.15) is 36.1 Å². The van der Waals surface area contributed by atoms with Crippen molar-refractivity contribution in [1.29, 1.82) is 0 Å². The van der Waals surface area contributed by atoms with Crippen molar-refractivity contribution >= 4 is 12.0 Å². The Kier molecular flexibility index (Phi) is 9.47. The van der Waals surface area contributed by atoms with Crippen LogP contribution in [0.3, 0.4) is 0 Å². The van der Waals surface area contributed by atoms with Crippen LogP contribution in [0.4, 0.5) is 0 Å². The Morgan fingerprint density at radius 2 is 1.96 bits per heavy atom. The molecule has 9 rings (SSSR count). The minimum Gasteiger partial charge on any atom is -0.508 e. The van der Waals surface area contributed by atoms with Crippen LogP contribution in [0.2, 0.25) is 0 Å². The lowest BCUT2D eigenvalue weighted by Gasteiger charge is -2.39. The highest BCUT2D eigenvalue weighted by atomic mass is 16.5. The largest absolute Gasteiger partial charge is 0.508 e. The van der Waals surface area contributed by atoms with Gasteiger partial charge in [0.15, 0.2) is 11.5 Å². The van der Waals surface area contributed by atoms with Gasteiger partial charge in [0.25, 0.3) is 0 Å². The third-order valence-corrected chi connectivity index (χ3v) is 12.8. The van der Waals surface area contributed by atoms with Crippen LogP contribution >= 0.6 is 0 Å². The van der Waals surface area contributed by atoms with E-state index in [1.165, 1.54) is 6.92 Å². The first-order valence-electron chi connectivity index (χ1n) is 20.0. The summed E-state index contributed by atoms with van der Waals surface area (Å²) in [7, 11) is 5.40. The number of hydrogen-bond donors (Lipinski definition) is 6. The number of carbonyl (C=O) groups excluding carboxylic acids is 1. The molecule has 1 unspecified atom stereocenters. The Bertz CT molecular complexity index is 2320. The van der Waals surface area contributed by atoms with E-state index in [0.29, 0.717) is 42.4 Å². The lowest BCUT2D eigenvalue weighted by atomic mass is 9.65. The summed E-state index contributed by atoms with van der Waals surface area (Å²) in [6, 6.07) is 9.43. The number of ether oxygens (including phenoxy) is 4. The van der Waals surface area contributed by atoms with Gasteiger partial charge < -0.3 is 50.8 Å². The number of methoxy groups -OCH3 is 1.